The molecule has 0 heterocycles. The molecule has 0 aliphatic heterocycles. The van der Waals surface area contributed by atoms with Crippen LogP contribution in [-0.4, -0.2) is 70.6 Å². The van der Waals surface area contributed by atoms with Crippen molar-refractivity contribution < 1.29 is 38.8 Å². The van der Waals surface area contributed by atoms with Gasteiger partial charge in [-0.1, -0.05) is 155 Å². The molecule has 0 bridgehead atoms. The summed E-state index contributed by atoms with van der Waals surface area (Å²) in [5.74, 6) is -2.84. The summed E-state index contributed by atoms with van der Waals surface area (Å²) in [6.45, 7) is 4.78. The first-order valence-electron chi connectivity index (χ1n) is 17.9. The molecule has 0 rings (SSSR count). The van der Waals surface area contributed by atoms with E-state index in [0.717, 1.165) is 25.7 Å². The van der Waals surface area contributed by atoms with Crippen LogP contribution in [0.3, 0.4) is 0 Å². The minimum Gasteiger partial charge on any atom is -0.388 e. The number of Topliss-reactive ketones (excluding diaryl/α,β-unsaturated/α-hetero) is 1. The number of unbranched alkanes of at least 4 members (excludes halogenated alkanes) is 22. The molecular formula is C34H70O8P+. The lowest BCUT2D eigenvalue weighted by Gasteiger charge is -2.21. The van der Waals surface area contributed by atoms with E-state index in [0.29, 0.717) is 13.2 Å². The molecule has 258 valence electrons. The maximum atomic E-state index is 11.9. The van der Waals surface area contributed by atoms with Gasteiger partial charge in [0.05, 0.1) is 13.2 Å². The Morgan fingerprint density at radius 1 is 0.535 bits per heavy atom. The second-order valence-corrected chi connectivity index (χ2v) is 14.0. The molecule has 0 aliphatic carbocycles. The smallest absolute Gasteiger partial charge is 0.388 e. The second kappa shape index (κ2) is 31.8. The van der Waals surface area contributed by atoms with Crippen molar-refractivity contribution in [1.82, 2.24) is 0 Å². The number of ketones is 1. The van der Waals surface area contributed by atoms with Crippen LogP contribution in [0.15, 0.2) is 0 Å². The van der Waals surface area contributed by atoms with E-state index >= 15 is 0 Å². The molecule has 0 aromatic carbocycles. The number of rotatable bonds is 35. The highest BCUT2D eigenvalue weighted by atomic mass is 31.2. The van der Waals surface area contributed by atoms with Gasteiger partial charge in [-0.15, -0.1) is 0 Å². The topological polar surface area (TPSA) is 126 Å². The second-order valence-electron chi connectivity index (χ2n) is 12.3. The van der Waals surface area contributed by atoms with Gasteiger partial charge in [0.1, 0.15) is 12.7 Å². The fourth-order valence-electron chi connectivity index (χ4n) is 5.26. The predicted octanol–water partition coefficient (Wildman–Crippen LogP) is 8.43. The van der Waals surface area contributed by atoms with Crippen LogP contribution < -0.4 is 0 Å². The molecule has 0 amide bonds. The van der Waals surface area contributed by atoms with Crippen molar-refractivity contribution in [1.29, 1.82) is 0 Å². The van der Waals surface area contributed by atoms with Crippen molar-refractivity contribution >= 4 is 13.7 Å². The summed E-state index contributed by atoms with van der Waals surface area (Å²) in [5.41, 5.74) is 0. The summed E-state index contributed by atoms with van der Waals surface area (Å²) in [5, 5.41) is 9.11. The Morgan fingerprint density at radius 2 is 0.907 bits per heavy atom. The lowest BCUT2D eigenvalue weighted by molar-refractivity contribution is -0.133. The van der Waals surface area contributed by atoms with Crippen molar-refractivity contribution in [2.75, 3.05) is 33.0 Å². The van der Waals surface area contributed by atoms with Gasteiger partial charge in [0.2, 0.25) is 5.78 Å². The summed E-state index contributed by atoms with van der Waals surface area (Å²) in [6, 6.07) is 0. The Morgan fingerprint density at radius 3 is 1.28 bits per heavy atom. The van der Waals surface area contributed by atoms with Crippen LogP contribution in [0, 0.1) is 0 Å². The summed E-state index contributed by atoms with van der Waals surface area (Å²) >= 11 is 0. The first-order valence-corrected chi connectivity index (χ1v) is 19.6. The minimum absolute atomic E-state index is 0.142. The van der Waals surface area contributed by atoms with Gasteiger partial charge in [-0.25, -0.2) is 0 Å². The molecule has 0 aliphatic rings. The standard InChI is InChI=1S/C34H70O8P/c1-3-5-7-9-11-13-15-17-19-21-23-25-27-40-30-32(31-42-34(33(36)29-35)43(37,38)39)41-28-26-24-22-20-18-16-14-12-10-8-6-4-2/h32,34-35,37-39H,3-31H2,1-2H3/q+1/t32-,34?/m1/s1. The zero-order chi connectivity index (χ0) is 31.9. The van der Waals surface area contributed by atoms with E-state index in [1.165, 1.54) is 128 Å². The number of hydrogen-bond acceptors (Lipinski definition) is 8. The van der Waals surface area contributed by atoms with Gasteiger partial charge in [0.15, 0.2) is 0 Å². The number of ether oxygens (including phenoxy) is 3. The van der Waals surface area contributed by atoms with Gasteiger partial charge >= 0.3 is 13.8 Å². The molecule has 0 aromatic rings. The molecule has 0 radical (unpaired) electrons. The van der Waals surface area contributed by atoms with Crippen molar-refractivity contribution in [2.24, 2.45) is 0 Å². The van der Waals surface area contributed by atoms with Crippen molar-refractivity contribution in [3.8, 4) is 0 Å². The summed E-state index contributed by atoms with van der Waals surface area (Å²) in [4.78, 5) is 40.6. The third-order valence-corrected chi connectivity index (χ3v) is 9.05. The molecular weight excluding hydrogens is 567 g/mol. The van der Waals surface area contributed by atoms with Crippen molar-refractivity contribution in [3.05, 3.63) is 0 Å². The monoisotopic (exact) mass is 637 g/mol. The van der Waals surface area contributed by atoms with Gasteiger partial charge < -0.3 is 19.3 Å². The fraction of sp³-hybridized carbons (Fsp3) is 0.971. The number of carbonyl (C=O) groups is 1. The average molecular weight is 638 g/mol. The molecule has 9 heteroatoms. The third kappa shape index (κ3) is 29.0. The lowest BCUT2D eigenvalue weighted by Crippen LogP contribution is -2.35. The Bertz CT molecular complexity index is 587. The Kier molecular flexibility index (Phi) is 31.7. The molecule has 43 heavy (non-hydrogen) atoms. The number of aliphatic hydroxyl groups is 1. The van der Waals surface area contributed by atoms with Crippen LogP contribution in [0.4, 0.5) is 0 Å². The molecule has 4 N–H and O–H groups in total. The van der Waals surface area contributed by atoms with Gasteiger partial charge in [-0.3, -0.25) is 4.79 Å². The van der Waals surface area contributed by atoms with E-state index in [1.54, 1.807) is 0 Å². The van der Waals surface area contributed by atoms with Gasteiger partial charge in [-0.2, -0.15) is 14.7 Å². The zero-order valence-electron chi connectivity index (χ0n) is 28.0. The van der Waals surface area contributed by atoms with Crippen molar-refractivity contribution in [3.63, 3.8) is 0 Å². The summed E-state index contributed by atoms with van der Waals surface area (Å²) in [6.07, 6.45) is 29.9. The molecule has 0 aromatic heterocycles. The van der Waals surface area contributed by atoms with Gasteiger partial charge in [0.25, 0.3) is 0 Å². The van der Waals surface area contributed by atoms with E-state index in [4.69, 9.17) is 19.3 Å². The van der Waals surface area contributed by atoms with Crippen LogP contribution in [0.1, 0.15) is 168 Å². The maximum Gasteiger partial charge on any atom is 0.443 e. The normalized spacial score (nSPS) is 13.4. The Balaban J connectivity index is 4.17. The predicted molar refractivity (Wildman–Crippen MR) is 178 cm³/mol. The molecule has 0 spiro atoms. The zero-order valence-corrected chi connectivity index (χ0v) is 28.9. The molecule has 0 fully saturated rings. The van der Waals surface area contributed by atoms with E-state index < -0.39 is 32.3 Å². The third-order valence-electron chi connectivity index (χ3n) is 7.98. The van der Waals surface area contributed by atoms with Crippen LogP contribution in [0.5, 0.6) is 0 Å². The lowest BCUT2D eigenvalue weighted by atomic mass is 10.1. The van der Waals surface area contributed by atoms with Crippen molar-refractivity contribution in [2.45, 2.75) is 180 Å². The Hall–Kier alpha value is -0.180. The number of aliphatic hydroxyl groups excluding tert-OH is 1. The van der Waals surface area contributed by atoms with E-state index in [9.17, 15) is 19.5 Å². The van der Waals surface area contributed by atoms with E-state index in [-0.39, 0.29) is 13.2 Å². The quantitative estimate of drug-likeness (QED) is 0.0403. The van der Waals surface area contributed by atoms with Gasteiger partial charge in [-0.05, 0) is 12.8 Å². The van der Waals surface area contributed by atoms with Crippen LogP contribution in [0.2, 0.25) is 0 Å². The first-order chi connectivity index (χ1) is 20.9. The SMILES string of the molecule is CCCCCCCCCCCCCCOC[C@H](COC(C(=O)CO)[P+](O)(O)O)OCCCCCCCCCCCCCC. The van der Waals surface area contributed by atoms with Crippen LogP contribution in [-0.2, 0) is 19.0 Å². The molecule has 0 saturated carbocycles. The fourth-order valence-corrected chi connectivity index (χ4v) is 6.01. The summed E-state index contributed by atoms with van der Waals surface area (Å²) in [7, 11) is -4.60. The number of carbonyl (C=O) groups excluding carboxylic acids is 1. The molecule has 0 saturated heterocycles. The largest absolute Gasteiger partial charge is 0.443 e. The van der Waals surface area contributed by atoms with Crippen LogP contribution >= 0.6 is 7.94 Å². The molecule has 1 unspecified atom stereocenters. The first kappa shape index (κ1) is 42.8. The van der Waals surface area contributed by atoms with E-state index in [1.807, 2.05) is 0 Å². The molecule has 8 nitrogen and oxygen atoms in total. The molecule has 2 atom stereocenters. The minimum atomic E-state index is -4.60. The van der Waals surface area contributed by atoms with E-state index in [2.05, 4.69) is 13.8 Å². The average Bonchev–Trinajstić information content (AvgIpc) is 2.98. The summed E-state index contributed by atoms with van der Waals surface area (Å²) < 4.78 is 17.1. The highest BCUT2D eigenvalue weighted by molar-refractivity contribution is 7.60. The van der Waals surface area contributed by atoms with Gasteiger partial charge in [0, 0.05) is 13.2 Å². The Labute approximate surface area is 265 Å². The highest BCUT2D eigenvalue weighted by Gasteiger charge is 2.49. The highest BCUT2D eigenvalue weighted by Crippen LogP contribution is 2.51. The maximum absolute atomic E-state index is 11.9. The van der Waals surface area contributed by atoms with Crippen LogP contribution in [0.25, 0.3) is 0 Å². The number of hydrogen-bond donors (Lipinski definition) is 4.